The molecule has 1 fully saturated rings. The van der Waals surface area contributed by atoms with Gasteiger partial charge in [-0.2, -0.15) is 5.10 Å². The van der Waals surface area contributed by atoms with Crippen LogP contribution >= 0.6 is 12.4 Å². The van der Waals surface area contributed by atoms with E-state index < -0.39 is 0 Å². The van der Waals surface area contributed by atoms with Gasteiger partial charge in [-0.15, -0.1) is 12.4 Å². The Bertz CT molecular complexity index is 1060. The number of likely N-dealkylation sites (N-methyl/N-ethyl adjacent to an activating group) is 1. The fourth-order valence-electron chi connectivity index (χ4n) is 3.86. The average Bonchev–Trinajstić information content (AvgIpc) is 3.41. The lowest BCUT2D eigenvalue weighted by atomic mass is 9.90. The highest BCUT2D eigenvalue weighted by Gasteiger charge is 2.34. The van der Waals surface area contributed by atoms with Gasteiger partial charge < -0.3 is 20.1 Å². The minimum atomic E-state index is -0.156. The summed E-state index contributed by atoms with van der Waals surface area (Å²) in [5.41, 5.74) is 2.73. The molecule has 1 aliphatic rings. The van der Waals surface area contributed by atoms with Gasteiger partial charge in [0, 0.05) is 58.2 Å². The average molecular weight is 431 g/mol. The van der Waals surface area contributed by atoms with Crippen LogP contribution in [0, 0.1) is 5.92 Å². The molecule has 1 saturated heterocycles. The summed E-state index contributed by atoms with van der Waals surface area (Å²) >= 11 is 0. The van der Waals surface area contributed by atoms with Crippen LogP contribution in [0.3, 0.4) is 0 Å². The summed E-state index contributed by atoms with van der Waals surface area (Å²) in [5.74, 6) is -0.0371. The number of rotatable bonds is 5. The van der Waals surface area contributed by atoms with Crippen molar-refractivity contribution >= 4 is 40.8 Å². The van der Waals surface area contributed by atoms with Crippen LogP contribution < -0.4 is 10.6 Å². The predicted molar refractivity (Wildman–Crippen MR) is 119 cm³/mol. The highest BCUT2D eigenvalue weighted by atomic mass is 35.5. The maximum Gasteiger partial charge on any atom is 0.241 e. The molecule has 30 heavy (non-hydrogen) atoms. The number of carbonyl (C=O) groups excluding carboxylic acids is 2. The number of halogens is 1. The third-order valence-electron chi connectivity index (χ3n) is 5.55. The Hall–Kier alpha value is -2.84. The number of carbonyl (C=O) groups is 2. The van der Waals surface area contributed by atoms with Crippen molar-refractivity contribution in [2.75, 3.05) is 32.5 Å². The number of nitrogens with zero attached hydrogens (tertiary/aromatic N) is 4. The molecule has 0 unspecified atom stereocenters. The molecule has 2 atom stereocenters. The Labute approximate surface area is 181 Å². The molecule has 1 aromatic carbocycles. The highest BCUT2D eigenvalue weighted by Crippen LogP contribution is 2.29. The van der Waals surface area contributed by atoms with Gasteiger partial charge in [0.05, 0.1) is 17.6 Å². The number of anilines is 1. The molecule has 8 nitrogen and oxygen atoms in total. The molecule has 0 radical (unpaired) electrons. The van der Waals surface area contributed by atoms with Crippen molar-refractivity contribution in [3.05, 3.63) is 48.4 Å². The van der Waals surface area contributed by atoms with Crippen LogP contribution in [-0.2, 0) is 23.2 Å². The van der Waals surface area contributed by atoms with Gasteiger partial charge in [0.2, 0.25) is 11.8 Å². The normalized spacial score (nSPS) is 18.2. The maximum absolute atomic E-state index is 13.0. The molecule has 0 saturated carbocycles. The number of fused-ring (bicyclic) bond motifs is 1. The second kappa shape index (κ2) is 8.89. The van der Waals surface area contributed by atoms with Crippen molar-refractivity contribution in [1.29, 1.82) is 0 Å². The van der Waals surface area contributed by atoms with Gasteiger partial charge in [-0.1, -0.05) is 6.07 Å². The first-order chi connectivity index (χ1) is 13.9. The number of aryl methyl sites for hydroxylation is 1. The van der Waals surface area contributed by atoms with Crippen molar-refractivity contribution in [1.82, 2.24) is 24.6 Å². The fourth-order valence-corrected chi connectivity index (χ4v) is 3.86. The Kier molecular flexibility index (Phi) is 6.48. The highest BCUT2D eigenvalue weighted by molar-refractivity contribution is 5.96. The van der Waals surface area contributed by atoms with E-state index in [0.717, 1.165) is 28.7 Å². The van der Waals surface area contributed by atoms with E-state index >= 15 is 0 Å². The molecule has 0 spiro atoms. The lowest BCUT2D eigenvalue weighted by Gasteiger charge is -2.17. The number of hydrogen-bond acceptors (Lipinski definition) is 4. The van der Waals surface area contributed by atoms with Crippen molar-refractivity contribution in [2.24, 2.45) is 13.0 Å². The summed E-state index contributed by atoms with van der Waals surface area (Å²) in [6, 6.07) is 7.77. The van der Waals surface area contributed by atoms with Gasteiger partial charge in [0.1, 0.15) is 6.54 Å². The van der Waals surface area contributed by atoms with E-state index in [0.29, 0.717) is 6.54 Å². The van der Waals surface area contributed by atoms with Crippen molar-refractivity contribution < 1.29 is 9.59 Å². The number of benzene rings is 1. The third kappa shape index (κ3) is 4.34. The summed E-state index contributed by atoms with van der Waals surface area (Å²) in [6.07, 6.45) is 5.70. The quantitative estimate of drug-likeness (QED) is 0.646. The lowest BCUT2D eigenvalue weighted by Crippen LogP contribution is -2.28. The molecular weight excluding hydrogens is 404 g/mol. The van der Waals surface area contributed by atoms with Gasteiger partial charge in [-0.3, -0.25) is 14.3 Å². The standard InChI is InChI=1S/C21H26N6O2.ClH/c1-25(2)20(28)13-27-7-6-14-4-5-16(8-19(14)27)24-21(29)18-11-22-10-17(18)15-9-23-26(3)12-15;/h4-9,12,17-18,22H,10-11,13H2,1-3H3,(H,24,29);1H/t17-,18+;/m1./s1. The molecule has 3 aromatic rings. The van der Waals surface area contributed by atoms with Crippen molar-refractivity contribution in [2.45, 2.75) is 12.5 Å². The molecule has 2 amide bonds. The Morgan fingerprint density at radius 2 is 2.07 bits per heavy atom. The number of amides is 2. The molecule has 2 N–H and O–H groups in total. The van der Waals surface area contributed by atoms with Crippen molar-refractivity contribution in [3.63, 3.8) is 0 Å². The van der Waals surface area contributed by atoms with Crippen LogP contribution in [0.2, 0.25) is 0 Å². The van der Waals surface area contributed by atoms with Gasteiger partial charge in [-0.25, -0.2) is 0 Å². The first-order valence-electron chi connectivity index (χ1n) is 9.71. The molecule has 1 aliphatic heterocycles. The first kappa shape index (κ1) is 21.9. The van der Waals surface area contributed by atoms with Crippen LogP contribution in [0.25, 0.3) is 10.9 Å². The Morgan fingerprint density at radius 1 is 1.27 bits per heavy atom. The van der Waals surface area contributed by atoms with Crippen LogP contribution in [0.4, 0.5) is 5.69 Å². The number of hydrogen-bond donors (Lipinski definition) is 2. The zero-order valence-electron chi connectivity index (χ0n) is 17.3. The van der Waals surface area contributed by atoms with Gasteiger partial charge in [-0.05, 0) is 29.1 Å². The van der Waals surface area contributed by atoms with E-state index in [1.807, 2.05) is 54.5 Å². The zero-order chi connectivity index (χ0) is 20.5. The molecule has 9 heteroatoms. The van der Waals surface area contributed by atoms with E-state index in [9.17, 15) is 9.59 Å². The minimum Gasteiger partial charge on any atom is -0.347 e. The van der Waals surface area contributed by atoms with Crippen LogP contribution in [0.5, 0.6) is 0 Å². The molecule has 4 rings (SSSR count). The Balaban J connectivity index is 0.00000256. The van der Waals surface area contributed by atoms with Crippen LogP contribution in [-0.4, -0.2) is 58.2 Å². The number of aromatic nitrogens is 3. The van der Waals surface area contributed by atoms with Crippen LogP contribution in [0.15, 0.2) is 42.9 Å². The Morgan fingerprint density at radius 3 is 2.77 bits per heavy atom. The van der Waals surface area contributed by atoms with Gasteiger partial charge in [0.25, 0.3) is 0 Å². The summed E-state index contributed by atoms with van der Waals surface area (Å²) in [6.45, 7) is 1.67. The van der Waals surface area contributed by atoms with E-state index in [1.165, 1.54) is 0 Å². The maximum atomic E-state index is 13.0. The van der Waals surface area contributed by atoms with E-state index in [2.05, 4.69) is 15.7 Å². The largest absolute Gasteiger partial charge is 0.347 e. The third-order valence-corrected chi connectivity index (χ3v) is 5.55. The second-order valence-corrected chi connectivity index (χ2v) is 7.81. The van der Waals surface area contributed by atoms with Gasteiger partial charge >= 0.3 is 0 Å². The smallest absolute Gasteiger partial charge is 0.241 e. The summed E-state index contributed by atoms with van der Waals surface area (Å²) in [5, 5.41) is 11.6. The molecule has 3 heterocycles. The molecule has 0 bridgehead atoms. The zero-order valence-corrected chi connectivity index (χ0v) is 18.1. The fraction of sp³-hybridized carbons (Fsp3) is 0.381. The van der Waals surface area contributed by atoms with Crippen LogP contribution in [0.1, 0.15) is 11.5 Å². The molecule has 2 aromatic heterocycles. The van der Waals surface area contributed by atoms with E-state index in [1.54, 1.807) is 23.7 Å². The van der Waals surface area contributed by atoms with E-state index in [-0.39, 0.29) is 42.6 Å². The first-order valence-corrected chi connectivity index (χ1v) is 9.71. The van der Waals surface area contributed by atoms with Gasteiger partial charge in [0.15, 0.2) is 0 Å². The monoisotopic (exact) mass is 430 g/mol. The van der Waals surface area contributed by atoms with E-state index in [4.69, 9.17) is 0 Å². The number of nitrogens with one attached hydrogen (secondary N) is 2. The minimum absolute atomic E-state index is 0. The lowest BCUT2D eigenvalue weighted by molar-refractivity contribution is -0.129. The predicted octanol–water partition coefficient (Wildman–Crippen LogP) is 1.83. The summed E-state index contributed by atoms with van der Waals surface area (Å²) in [7, 11) is 5.37. The molecular formula is C21H27ClN6O2. The SMILES string of the molecule is CN(C)C(=O)Cn1ccc2ccc(NC(=O)[C@H]3CNC[C@@H]3c3cnn(C)c3)cc21.Cl. The molecule has 0 aliphatic carbocycles. The summed E-state index contributed by atoms with van der Waals surface area (Å²) in [4.78, 5) is 26.6. The summed E-state index contributed by atoms with van der Waals surface area (Å²) < 4.78 is 3.67. The molecule has 160 valence electrons. The second-order valence-electron chi connectivity index (χ2n) is 7.81. The van der Waals surface area contributed by atoms with Crippen molar-refractivity contribution in [3.8, 4) is 0 Å². The topological polar surface area (TPSA) is 84.2 Å².